The number of rotatable bonds is 6. The highest BCUT2D eigenvalue weighted by atomic mass is 35.5. The minimum atomic E-state index is -3.92. The molecule has 9 heteroatoms. The average molecular weight is 420 g/mol. The summed E-state index contributed by atoms with van der Waals surface area (Å²) in [5, 5.41) is 3.74. The maximum Gasteiger partial charge on any atom is 0.339 e. The molecule has 0 saturated carbocycles. The number of likely N-dealkylation sites (tertiary alicyclic amines) is 1. The highest BCUT2D eigenvalue weighted by molar-refractivity contribution is 7.84. The van der Waals surface area contributed by atoms with Crippen molar-refractivity contribution < 1.29 is 22.5 Å². The van der Waals surface area contributed by atoms with Gasteiger partial charge in [0.05, 0.1) is 20.7 Å². The first-order valence-electron chi connectivity index (χ1n) is 8.94. The Balaban J connectivity index is 0.000000646. The van der Waals surface area contributed by atoms with E-state index >= 15 is 0 Å². The third-order valence-electron chi connectivity index (χ3n) is 3.99. The highest BCUT2D eigenvalue weighted by Gasteiger charge is 2.22. The van der Waals surface area contributed by atoms with Gasteiger partial charge in [0.25, 0.3) is 0 Å². The van der Waals surface area contributed by atoms with Gasteiger partial charge in [-0.15, -0.1) is 0 Å². The second kappa shape index (κ2) is 11.5. The fraction of sp³-hybridized carbons (Fsp3) is 0.611. The van der Waals surface area contributed by atoms with Gasteiger partial charge in [-0.05, 0) is 44.5 Å². The first kappa shape index (κ1) is 23.7. The number of nitrogens with zero attached hydrogens (tertiary/aromatic N) is 1. The number of anilines is 1. The van der Waals surface area contributed by atoms with Crippen molar-refractivity contribution >= 4 is 33.4 Å². The number of esters is 1. The Morgan fingerprint density at radius 2 is 1.96 bits per heavy atom. The minimum Gasteiger partial charge on any atom is -0.748 e. The number of benzene rings is 1. The molecule has 7 nitrogen and oxygen atoms in total. The van der Waals surface area contributed by atoms with Crippen LogP contribution < -0.4 is 5.32 Å². The van der Waals surface area contributed by atoms with Crippen molar-refractivity contribution in [1.29, 1.82) is 0 Å². The molecule has 0 aromatic heterocycles. The molecular formula is C18H28ClN2O5S-. The summed E-state index contributed by atoms with van der Waals surface area (Å²) in [5.74, 6) is -0.320. The van der Waals surface area contributed by atoms with Crippen LogP contribution in [0.1, 0.15) is 43.0 Å². The number of halogens is 1. The Hall–Kier alpha value is -1.35. The van der Waals surface area contributed by atoms with Gasteiger partial charge in [-0.2, -0.15) is 0 Å². The zero-order valence-corrected chi connectivity index (χ0v) is 17.6. The topological polar surface area (TPSA) is 98.8 Å². The first-order chi connectivity index (χ1) is 12.6. The average Bonchev–Trinajstić information content (AvgIpc) is 2.56. The molecule has 0 unspecified atom stereocenters. The third kappa shape index (κ3) is 10.5. The second-order valence-electron chi connectivity index (χ2n) is 6.59. The molecular weight excluding hydrogens is 392 g/mol. The normalized spacial score (nSPS) is 15.6. The monoisotopic (exact) mass is 419 g/mol. The Morgan fingerprint density at radius 1 is 1.37 bits per heavy atom. The molecule has 0 radical (unpaired) electrons. The van der Waals surface area contributed by atoms with E-state index in [-0.39, 0.29) is 12.1 Å². The van der Waals surface area contributed by atoms with Gasteiger partial charge in [0.1, 0.15) is 6.10 Å². The predicted octanol–water partition coefficient (Wildman–Crippen LogP) is 2.96. The van der Waals surface area contributed by atoms with Gasteiger partial charge in [0.2, 0.25) is 0 Å². The standard InChI is InChI=1S/C17H25ClN2O2.CH4O3S/c1-3-4-9-19-13-5-6-15(16(18)12-13)17(21)22-14-7-10-20(2)11-8-14;1-5(2,3)4/h5-6,12,14,19H,3-4,7-11H2,1-2H3;1H3,(H,2,3,4)/p-1. The number of ether oxygens (including phenoxy) is 1. The first-order valence-corrected chi connectivity index (χ1v) is 11.1. The van der Waals surface area contributed by atoms with Crippen LogP contribution in [-0.4, -0.2) is 62.9 Å². The number of carbonyl (C=O) groups is 1. The summed E-state index contributed by atoms with van der Waals surface area (Å²) in [7, 11) is -1.83. The SMILES string of the molecule is CCCCNc1ccc(C(=O)OC2CCN(C)CC2)c(Cl)c1.CS(=O)(=O)[O-]. The van der Waals surface area contributed by atoms with Crippen LogP contribution in [0.25, 0.3) is 0 Å². The van der Waals surface area contributed by atoms with Gasteiger partial charge in [-0.25, -0.2) is 13.2 Å². The lowest BCUT2D eigenvalue weighted by Gasteiger charge is -2.28. The second-order valence-corrected chi connectivity index (χ2v) is 8.40. The summed E-state index contributed by atoms with van der Waals surface area (Å²) >= 11 is 6.23. The van der Waals surface area contributed by atoms with Gasteiger partial charge in [0.15, 0.2) is 0 Å². The van der Waals surface area contributed by atoms with Crippen LogP contribution in [0.2, 0.25) is 5.02 Å². The van der Waals surface area contributed by atoms with E-state index in [1.165, 1.54) is 0 Å². The Morgan fingerprint density at radius 3 is 2.48 bits per heavy atom. The number of carbonyl (C=O) groups excluding carboxylic acids is 1. The van der Waals surface area contributed by atoms with E-state index in [1.54, 1.807) is 12.1 Å². The highest BCUT2D eigenvalue weighted by Crippen LogP contribution is 2.23. The number of hydrogen-bond donors (Lipinski definition) is 1. The van der Waals surface area contributed by atoms with Crippen LogP contribution in [0.3, 0.4) is 0 Å². The summed E-state index contributed by atoms with van der Waals surface area (Å²) in [6.45, 7) is 4.99. The molecule has 1 aliphatic rings. The maximum atomic E-state index is 12.2. The zero-order chi connectivity index (χ0) is 20.4. The molecule has 0 bridgehead atoms. The van der Waals surface area contributed by atoms with Gasteiger partial charge < -0.3 is 19.5 Å². The molecule has 2 rings (SSSR count). The summed E-state index contributed by atoms with van der Waals surface area (Å²) in [6.07, 6.45) is 4.63. The molecule has 1 N–H and O–H groups in total. The van der Waals surface area contributed by atoms with E-state index in [2.05, 4.69) is 24.2 Å². The van der Waals surface area contributed by atoms with Gasteiger partial charge in [-0.3, -0.25) is 0 Å². The van der Waals surface area contributed by atoms with E-state index in [4.69, 9.17) is 29.3 Å². The fourth-order valence-corrected chi connectivity index (χ4v) is 2.78. The van der Waals surface area contributed by atoms with Crippen molar-refractivity contribution in [2.45, 2.75) is 38.7 Å². The number of nitrogens with one attached hydrogen (secondary N) is 1. The summed E-state index contributed by atoms with van der Waals surface area (Å²) < 4.78 is 32.8. The lowest BCUT2D eigenvalue weighted by Crippen LogP contribution is -2.35. The van der Waals surface area contributed by atoms with Crippen molar-refractivity contribution in [3.05, 3.63) is 28.8 Å². The van der Waals surface area contributed by atoms with E-state index < -0.39 is 10.1 Å². The largest absolute Gasteiger partial charge is 0.748 e. The van der Waals surface area contributed by atoms with E-state index in [9.17, 15) is 4.79 Å². The van der Waals surface area contributed by atoms with E-state index in [1.807, 2.05) is 6.07 Å². The van der Waals surface area contributed by atoms with Crippen molar-refractivity contribution in [3.8, 4) is 0 Å². The lowest BCUT2D eigenvalue weighted by atomic mass is 10.1. The Kier molecular flexibility index (Phi) is 10.1. The van der Waals surface area contributed by atoms with Gasteiger partial charge in [0, 0.05) is 31.6 Å². The van der Waals surface area contributed by atoms with Crippen LogP contribution in [0, 0.1) is 0 Å². The maximum absolute atomic E-state index is 12.2. The Bertz CT molecular complexity index is 696. The van der Waals surface area contributed by atoms with Gasteiger partial charge >= 0.3 is 5.97 Å². The molecule has 27 heavy (non-hydrogen) atoms. The molecule has 0 aliphatic carbocycles. The molecule has 0 atom stereocenters. The molecule has 1 aliphatic heterocycles. The van der Waals surface area contributed by atoms with Crippen LogP contribution in [0.5, 0.6) is 0 Å². The zero-order valence-electron chi connectivity index (χ0n) is 16.0. The van der Waals surface area contributed by atoms with Crippen LogP contribution >= 0.6 is 11.6 Å². The van der Waals surface area contributed by atoms with Crippen molar-refractivity contribution in [2.24, 2.45) is 0 Å². The van der Waals surface area contributed by atoms with Crippen molar-refractivity contribution in [2.75, 3.05) is 38.3 Å². The number of piperidine rings is 1. The molecule has 0 amide bonds. The van der Waals surface area contributed by atoms with Crippen molar-refractivity contribution in [1.82, 2.24) is 4.90 Å². The molecule has 0 spiro atoms. The molecule has 1 saturated heterocycles. The van der Waals surface area contributed by atoms with Crippen molar-refractivity contribution in [3.63, 3.8) is 0 Å². The molecule has 1 heterocycles. The smallest absolute Gasteiger partial charge is 0.339 e. The lowest BCUT2D eigenvalue weighted by molar-refractivity contribution is 0.0139. The number of hydrogen-bond acceptors (Lipinski definition) is 7. The van der Waals surface area contributed by atoms with E-state index in [0.717, 1.165) is 51.0 Å². The quantitative estimate of drug-likeness (QED) is 0.430. The molecule has 1 aromatic rings. The third-order valence-corrected chi connectivity index (χ3v) is 4.30. The summed E-state index contributed by atoms with van der Waals surface area (Å²) in [4.78, 5) is 14.5. The van der Waals surface area contributed by atoms with Crippen LogP contribution in [-0.2, 0) is 14.9 Å². The van der Waals surface area contributed by atoms with E-state index in [0.29, 0.717) is 16.8 Å². The molecule has 1 aromatic carbocycles. The predicted molar refractivity (Wildman–Crippen MR) is 106 cm³/mol. The Labute approximate surface area is 166 Å². The van der Waals surface area contributed by atoms with Crippen LogP contribution in [0.15, 0.2) is 18.2 Å². The minimum absolute atomic E-state index is 0.00197. The van der Waals surface area contributed by atoms with Gasteiger partial charge in [-0.1, -0.05) is 24.9 Å². The molecule has 154 valence electrons. The number of unbranched alkanes of at least 4 members (excludes halogenated alkanes) is 1. The summed E-state index contributed by atoms with van der Waals surface area (Å²) in [5.41, 5.74) is 1.39. The summed E-state index contributed by atoms with van der Waals surface area (Å²) in [6, 6.07) is 5.42. The van der Waals surface area contributed by atoms with Crippen LogP contribution in [0.4, 0.5) is 5.69 Å². The fourth-order valence-electron chi connectivity index (χ4n) is 2.52. The molecule has 1 fully saturated rings.